The molecule has 3 rings (SSSR count). The summed E-state index contributed by atoms with van der Waals surface area (Å²) in [6, 6.07) is 15.5. The number of rotatable bonds is 5. The predicted octanol–water partition coefficient (Wildman–Crippen LogP) is 3.75. The third-order valence-corrected chi connectivity index (χ3v) is 5.18. The van der Waals surface area contributed by atoms with Crippen LogP contribution in [-0.2, 0) is 4.79 Å². The summed E-state index contributed by atoms with van der Waals surface area (Å²) in [7, 11) is 0. The van der Waals surface area contributed by atoms with E-state index >= 15 is 0 Å². The van der Waals surface area contributed by atoms with Gasteiger partial charge in [-0.15, -0.1) is 0 Å². The summed E-state index contributed by atoms with van der Waals surface area (Å²) < 4.78 is 0. The van der Waals surface area contributed by atoms with Gasteiger partial charge in [0.05, 0.1) is 15.7 Å². The highest BCUT2D eigenvalue weighted by molar-refractivity contribution is 6.39. The lowest BCUT2D eigenvalue weighted by atomic mass is 9.95. The normalized spacial score (nSPS) is 20.6. The molecule has 0 radical (unpaired) electrons. The molecule has 3 N–H and O–H groups in total. The van der Waals surface area contributed by atoms with Crippen LogP contribution in [0.25, 0.3) is 0 Å². The van der Waals surface area contributed by atoms with E-state index in [0.29, 0.717) is 34.6 Å². The van der Waals surface area contributed by atoms with Gasteiger partial charge in [-0.1, -0.05) is 59.6 Å². The van der Waals surface area contributed by atoms with Gasteiger partial charge in [0.15, 0.2) is 0 Å². The van der Waals surface area contributed by atoms with Crippen LogP contribution in [0.2, 0.25) is 10.0 Å². The van der Waals surface area contributed by atoms with Crippen molar-refractivity contribution in [2.45, 2.75) is 18.4 Å². The van der Waals surface area contributed by atoms with Crippen LogP contribution in [0.4, 0.5) is 5.69 Å². The summed E-state index contributed by atoms with van der Waals surface area (Å²) in [5, 5.41) is 3.67. The van der Waals surface area contributed by atoms with Crippen molar-refractivity contribution in [3.05, 3.63) is 64.1 Å². The third-order valence-electron chi connectivity index (χ3n) is 4.55. The number of carbonyl (C=O) groups is 1. The van der Waals surface area contributed by atoms with Crippen molar-refractivity contribution in [1.29, 1.82) is 0 Å². The second kappa shape index (κ2) is 8.19. The number of nitrogens with zero attached hydrogens (tertiary/aromatic N) is 1. The van der Waals surface area contributed by atoms with Crippen LogP contribution in [0.3, 0.4) is 0 Å². The molecule has 0 unspecified atom stereocenters. The number of carbonyl (C=O) groups excluding carboxylic acids is 1. The molecule has 1 saturated heterocycles. The van der Waals surface area contributed by atoms with E-state index in [4.69, 9.17) is 28.9 Å². The standard InChI is InChI=1S/C19H21Cl2N3O/c20-15-7-4-8-16(21)19(15)23-18(25)9-10-24-11-14(17(22)12-24)13-5-2-1-3-6-13/h1-8,14,17H,9-12,22H2,(H,23,25)/t14-,17+/m0/s1. The molecule has 4 nitrogen and oxygen atoms in total. The maximum absolute atomic E-state index is 12.2. The third kappa shape index (κ3) is 4.53. The average Bonchev–Trinajstić information content (AvgIpc) is 2.98. The van der Waals surface area contributed by atoms with Crippen molar-refractivity contribution >= 4 is 34.8 Å². The first-order chi connectivity index (χ1) is 12.0. The number of likely N-dealkylation sites (tertiary alicyclic amines) is 1. The van der Waals surface area contributed by atoms with Gasteiger partial charge in [0.25, 0.3) is 0 Å². The van der Waals surface area contributed by atoms with E-state index in [9.17, 15) is 4.79 Å². The molecule has 0 aromatic heterocycles. The first-order valence-electron chi connectivity index (χ1n) is 8.31. The van der Waals surface area contributed by atoms with Crippen LogP contribution in [0.5, 0.6) is 0 Å². The molecule has 6 heteroatoms. The first-order valence-corrected chi connectivity index (χ1v) is 9.07. The largest absolute Gasteiger partial charge is 0.326 e. The molecular weight excluding hydrogens is 357 g/mol. The summed E-state index contributed by atoms with van der Waals surface area (Å²) >= 11 is 12.2. The van der Waals surface area contributed by atoms with Crippen LogP contribution < -0.4 is 11.1 Å². The van der Waals surface area contributed by atoms with E-state index in [1.54, 1.807) is 18.2 Å². The van der Waals surface area contributed by atoms with E-state index in [0.717, 1.165) is 13.1 Å². The summed E-state index contributed by atoms with van der Waals surface area (Å²) in [6.07, 6.45) is 0.371. The van der Waals surface area contributed by atoms with Crippen molar-refractivity contribution in [3.8, 4) is 0 Å². The second-order valence-corrected chi connectivity index (χ2v) is 7.15. The fraction of sp³-hybridized carbons (Fsp3) is 0.316. The van der Waals surface area contributed by atoms with Gasteiger partial charge in [0, 0.05) is 38.0 Å². The van der Waals surface area contributed by atoms with Crippen molar-refractivity contribution in [3.63, 3.8) is 0 Å². The minimum absolute atomic E-state index is 0.0865. The van der Waals surface area contributed by atoms with E-state index in [-0.39, 0.29) is 11.9 Å². The summed E-state index contributed by atoms with van der Waals surface area (Å²) in [6.45, 7) is 2.32. The zero-order valence-corrected chi connectivity index (χ0v) is 15.3. The molecular formula is C19H21Cl2N3O. The number of hydrogen-bond donors (Lipinski definition) is 2. The maximum atomic E-state index is 12.2. The summed E-state index contributed by atoms with van der Waals surface area (Å²) in [4.78, 5) is 14.5. The average molecular weight is 378 g/mol. The van der Waals surface area contributed by atoms with Crippen LogP contribution >= 0.6 is 23.2 Å². The highest BCUT2D eigenvalue weighted by Crippen LogP contribution is 2.30. The van der Waals surface area contributed by atoms with Gasteiger partial charge in [-0.3, -0.25) is 4.79 Å². The molecule has 1 aliphatic heterocycles. The monoisotopic (exact) mass is 377 g/mol. The summed E-state index contributed by atoms with van der Waals surface area (Å²) in [5.41, 5.74) is 8.02. The van der Waals surface area contributed by atoms with Gasteiger partial charge < -0.3 is 16.0 Å². The Morgan fingerprint density at radius 2 is 1.76 bits per heavy atom. The van der Waals surface area contributed by atoms with Crippen molar-refractivity contribution in [2.24, 2.45) is 5.73 Å². The molecule has 0 aliphatic carbocycles. The molecule has 25 heavy (non-hydrogen) atoms. The van der Waals surface area contributed by atoms with Crippen LogP contribution in [0.1, 0.15) is 17.9 Å². The number of benzene rings is 2. The number of nitrogens with two attached hydrogens (primary N) is 1. The van der Waals surface area contributed by atoms with Gasteiger partial charge in [-0.2, -0.15) is 0 Å². The fourth-order valence-corrected chi connectivity index (χ4v) is 3.72. The number of nitrogens with one attached hydrogen (secondary N) is 1. The number of para-hydroxylation sites is 1. The molecule has 1 aliphatic rings. The molecule has 2 aromatic carbocycles. The van der Waals surface area contributed by atoms with E-state index in [2.05, 4.69) is 22.3 Å². The second-order valence-electron chi connectivity index (χ2n) is 6.34. The van der Waals surface area contributed by atoms with Crippen molar-refractivity contribution < 1.29 is 4.79 Å². The Morgan fingerprint density at radius 1 is 1.08 bits per heavy atom. The van der Waals surface area contributed by atoms with Gasteiger partial charge >= 0.3 is 0 Å². The molecule has 132 valence electrons. The van der Waals surface area contributed by atoms with Gasteiger partial charge in [-0.05, 0) is 17.7 Å². The molecule has 1 fully saturated rings. The van der Waals surface area contributed by atoms with Gasteiger partial charge in [0.2, 0.25) is 5.91 Å². The SMILES string of the molecule is N[C@@H]1CN(CCC(=O)Nc2c(Cl)cccc2Cl)C[C@H]1c1ccccc1. The van der Waals surface area contributed by atoms with E-state index < -0.39 is 0 Å². The minimum atomic E-state index is -0.105. The Balaban J connectivity index is 1.53. The Hall–Kier alpha value is -1.59. The molecule has 2 aromatic rings. The van der Waals surface area contributed by atoms with Gasteiger partial charge in [0.1, 0.15) is 0 Å². The lowest BCUT2D eigenvalue weighted by Crippen LogP contribution is -2.30. The number of anilines is 1. The number of halogens is 2. The molecule has 0 spiro atoms. The predicted molar refractivity (Wildman–Crippen MR) is 103 cm³/mol. The molecule has 0 bridgehead atoms. The number of hydrogen-bond acceptors (Lipinski definition) is 3. The van der Waals surface area contributed by atoms with Crippen LogP contribution in [-0.4, -0.2) is 36.5 Å². The lowest BCUT2D eigenvalue weighted by Gasteiger charge is -2.16. The van der Waals surface area contributed by atoms with Crippen molar-refractivity contribution in [1.82, 2.24) is 4.90 Å². The van der Waals surface area contributed by atoms with Crippen molar-refractivity contribution in [2.75, 3.05) is 25.0 Å². The zero-order chi connectivity index (χ0) is 17.8. The first kappa shape index (κ1) is 18.2. The fourth-order valence-electron chi connectivity index (χ4n) is 3.23. The Morgan fingerprint density at radius 3 is 2.44 bits per heavy atom. The molecule has 1 amide bonds. The van der Waals surface area contributed by atoms with Gasteiger partial charge in [-0.25, -0.2) is 0 Å². The topological polar surface area (TPSA) is 58.4 Å². The molecule has 2 atom stereocenters. The Kier molecular flexibility index (Phi) is 5.97. The smallest absolute Gasteiger partial charge is 0.225 e. The Labute approximate surface area is 157 Å². The molecule has 0 saturated carbocycles. The van der Waals surface area contributed by atoms with Crippen LogP contribution in [0.15, 0.2) is 48.5 Å². The van der Waals surface area contributed by atoms with E-state index in [1.165, 1.54) is 5.56 Å². The summed E-state index contributed by atoms with van der Waals surface area (Å²) in [5.74, 6) is 0.203. The quantitative estimate of drug-likeness (QED) is 0.833. The lowest BCUT2D eigenvalue weighted by molar-refractivity contribution is -0.116. The zero-order valence-electron chi connectivity index (χ0n) is 13.8. The maximum Gasteiger partial charge on any atom is 0.225 e. The van der Waals surface area contributed by atoms with Crippen LogP contribution in [0, 0.1) is 0 Å². The molecule has 1 heterocycles. The minimum Gasteiger partial charge on any atom is -0.326 e. The highest BCUT2D eigenvalue weighted by atomic mass is 35.5. The Bertz CT molecular complexity index is 718. The van der Waals surface area contributed by atoms with E-state index in [1.807, 2.05) is 18.2 Å². The highest BCUT2D eigenvalue weighted by Gasteiger charge is 2.31. The number of amides is 1.